The number of nitrogens with one attached hydrogen (secondary N) is 1. The van der Waals surface area contributed by atoms with Crippen LogP contribution in [0.3, 0.4) is 0 Å². The van der Waals surface area contributed by atoms with Gasteiger partial charge in [-0.15, -0.1) is 0 Å². The second kappa shape index (κ2) is 5.19. The summed E-state index contributed by atoms with van der Waals surface area (Å²) >= 11 is 0. The molecule has 1 aliphatic heterocycles. The average molecular weight is 231 g/mol. The van der Waals surface area contributed by atoms with E-state index >= 15 is 0 Å². The Morgan fingerprint density at radius 1 is 1.18 bits per heavy atom. The maximum absolute atomic E-state index is 5.39. The highest BCUT2D eigenvalue weighted by molar-refractivity contribution is 5.22. The average Bonchev–Trinajstić information content (AvgIpc) is 2.81. The number of ether oxygens (including phenoxy) is 1. The molecule has 0 radical (unpaired) electrons. The molecule has 1 aliphatic carbocycles. The van der Waals surface area contributed by atoms with E-state index in [0.29, 0.717) is 0 Å². The molecule has 3 rings (SSSR count). The van der Waals surface area contributed by atoms with Gasteiger partial charge in [0.1, 0.15) is 0 Å². The normalized spacial score (nSPS) is 32.4. The topological polar surface area (TPSA) is 21.3 Å². The van der Waals surface area contributed by atoms with Crippen molar-refractivity contribution in [3.05, 3.63) is 35.9 Å². The van der Waals surface area contributed by atoms with Gasteiger partial charge in [-0.3, -0.25) is 0 Å². The molecule has 2 fully saturated rings. The Morgan fingerprint density at radius 3 is 2.71 bits per heavy atom. The first-order valence-corrected chi connectivity index (χ1v) is 6.78. The lowest BCUT2D eigenvalue weighted by Gasteiger charge is -2.37. The van der Waals surface area contributed by atoms with Gasteiger partial charge in [-0.1, -0.05) is 30.3 Å². The van der Waals surface area contributed by atoms with Crippen molar-refractivity contribution < 1.29 is 4.74 Å². The van der Waals surface area contributed by atoms with Gasteiger partial charge in [0.05, 0.1) is 6.61 Å². The smallest absolute Gasteiger partial charge is 0.0507 e. The zero-order chi connectivity index (χ0) is 11.5. The van der Waals surface area contributed by atoms with Crippen LogP contribution >= 0.6 is 0 Å². The summed E-state index contributed by atoms with van der Waals surface area (Å²) in [6.07, 6.45) is 3.84. The monoisotopic (exact) mass is 231 g/mol. The first kappa shape index (κ1) is 11.2. The number of rotatable bonds is 4. The summed E-state index contributed by atoms with van der Waals surface area (Å²) in [6.45, 7) is 3.07. The first-order chi connectivity index (χ1) is 8.42. The lowest BCUT2D eigenvalue weighted by Crippen LogP contribution is -2.42. The van der Waals surface area contributed by atoms with Crippen LogP contribution in [0.4, 0.5) is 0 Å². The number of benzene rings is 1. The standard InChI is InChI=1S/C15H21NO/c1-2-4-13(5-3-1)14-8-15(9-14)16-10-12-6-7-17-11-12/h1-5,12,14-16H,6-11H2. The van der Waals surface area contributed by atoms with Crippen LogP contribution in [-0.4, -0.2) is 25.8 Å². The maximum atomic E-state index is 5.39. The van der Waals surface area contributed by atoms with E-state index in [0.717, 1.165) is 37.6 Å². The highest BCUT2D eigenvalue weighted by Gasteiger charge is 2.30. The van der Waals surface area contributed by atoms with Crippen LogP contribution in [-0.2, 0) is 4.74 Å². The fourth-order valence-electron chi connectivity index (χ4n) is 2.86. The van der Waals surface area contributed by atoms with Gasteiger partial charge in [0.15, 0.2) is 0 Å². The molecule has 0 amide bonds. The van der Waals surface area contributed by atoms with Crippen molar-refractivity contribution in [2.24, 2.45) is 5.92 Å². The molecule has 1 unspecified atom stereocenters. The molecule has 92 valence electrons. The summed E-state index contributed by atoms with van der Waals surface area (Å²) in [4.78, 5) is 0. The summed E-state index contributed by atoms with van der Waals surface area (Å²) in [5.74, 6) is 1.54. The molecule has 2 heteroatoms. The van der Waals surface area contributed by atoms with Gasteiger partial charge in [-0.25, -0.2) is 0 Å². The summed E-state index contributed by atoms with van der Waals surface area (Å²) < 4.78 is 5.39. The Kier molecular flexibility index (Phi) is 3.44. The number of hydrogen-bond donors (Lipinski definition) is 1. The van der Waals surface area contributed by atoms with E-state index in [4.69, 9.17) is 4.74 Å². The van der Waals surface area contributed by atoms with Crippen LogP contribution in [0.25, 0.3) is 0 Å². The van der Waals surface area contributed by atoms with Crippen LogP contribution in [0.2, 0.25) is 0 Å². The number of hydrogen-bond acceptors (Lipinski definition) is 2. The summed E-state index contributed by atoms with van der Waals surface area (Å²) in [5.41, 5.74) is 1.51. The molecule has 2 nitrogen and oxygen atoms in total. The Balaban J connectivity index is 1.39. The molecule has 0 spiro atoms. The quantitative estimate of drug-likeness (QED) is 0.860. The van der Waals surface area contributed by atoms with Crippen molar-refractivity contribution in [1.29, 1.82) is 0 Å². The summed E-state index contributed by atoms with van der Waals surface area (Å²) in [7, 11) is 0. The Labute approximate surface area is 103 Å². The van der Waals surface area contributed by atoms with E-state index in [9.17, 15) is 0 Å². The summed E-state index contributed by atoms with van der Waals surface area (Å²) in [5, 5.41) is 3.68. The molecular formula is C15H21NO. The van der Waals surface area contributed by atoms with Gasteiger partial charge in [0, 0.05) is 19.2 Å². The predicted octanol–water partition coefficient (Wildman–Crippen LogP) is 2.56. The molecule has 0 bridgehead atoms. The van der Waals surface area contributed by atoms with E-state index in [2.05, 4.69) is 35.6 Å². The van der Waals surface area contributed by atoms with Crippen molar-refractivity contribution in [2.75, 3.05) is 19.8 Å². The van der Waals surface area contributed by atoms with Crippen molar-refractivity contribution in [3.63, 3.8) is 0 Å². The molecule has 1 heterocycles. The zero-order valence-corrected chi connectivity index (χ0v) is 10.3. The largest absolute Gasteiger partial charge is 0.381 e. The van der Waals surface area contributed by atoms with Crippen molar-refractivity contribution in [3.8, 4) is 0 Å². The van der Waals surface area contributed by atoms with Gasteiger partial charge < -0.3 is 10.1 Å². The first-order valence-electron chi connectivity index (χ1n) is 6.78. The van der Waals surface area contributed by atoms with E-state index in [1.54, 1.807) is 0 Å². The molecule has 1 atom stereocenters. The van der Waals surface area contributed by atoms with Crippen LogP contribution in [0, 0.1) is 5.92 Å². The van der Waals surface area contributed by atoms with Crippen LogP contribution < -0.4 is 5.32 Å². The minimum absolute atomic E-state index is 0.737. The van der Waals surface area contributed by atoms with Gasteiger partial charge in [-0.05, 0) is 36.7 Å². The van der Waals surface area contributed by atoms with Crippen molar-refractivity contribution in [1.82, 2.24) is 5.32 Å². The van der Waals surface area contributed by atoms with Crippen molar-refractivity contribution >= 4 is 0 Å². The van der Waals surface area contributed by atoms with Gasteiger partial charge in [0.2, 0.25) is 0 Å². The van der Waals surface area contributed by atoms with Crippen molar-refractivity contribution in [2.45, 2.75) is 31.2 Å². The fourth-order valence-corrected chi connectivity index (χ4v) is 2.86. The molecule has 1 saturated heterocycles. The van der Waals surface area contributed by atoms with Crippen LogP contribution in [0.1, 0.15) is 30.7 Å². The third-order valence-corrected chi connectivity index (χ3v) is 4.13. The molecule has 2 aliphatic rings. The van der Waals surface area contributed by atoms with Crippen LogP contribution in [0.15, 0.2) is 30.3 Å². The molecule has 1 saturated carbocycles. The fraction of sp³-hybridized carbons (Fsp3) is 0.600. The highest BCUT2D eigenvalue weighted by Crippen LogP contribution is 2.36. The van der Waals surface area contributed by atoms with Gasteiger partial charge in [0.25, 0.3) is 0 Å². The molecule has 1 N–H and O–H groups in total. The third-order valence-electron chi connectivity index (χ3n) is 4.13. The SMILES string of the molecule is c1ccc(C2CC(NCC3CCOC3)C2)cc1. The summed E-state index contributed by atoms with van der Waals surface area (Å²) in [6, 6.07) is 11.6. The molecule has 1 aromatic carbocycles. The predicted molar refractivity (Wildman–Crippen MR) is 69.1 cm³/mol. The minimum atomic E-state index is 0.737. The van der Waals surface area contributed by atoms with E-state index < -0.39 is 0 Å². The third kappa shape index (κ3) is 2.70. The van der Waals surface area contributed by atoms with E-state index in [-0.39, 0.29) is 0 Å². The van der Waals surface area contributed by atoms with E-state index in [1.807, 2.05) is 0 Å². The Morgan fingerprint density at radius 2 is 2.00 bits per heavy atom. The Bertz CT molecular complexity index is 339. The van der Waals surface area contributed by atoms with Gasteiger partial charge in [-0.2, -0.15) is 0 Å². The molecule has 0 aromatic heterocycles. The molecule has 1 aromatic rings. The Hall–Kier alpha value is -0.860. The molecular weight excluding hydrogens is 210 g/mol. The second-order valence-electron chi connectivity index (χ2n) is 5.41. The lowest BCUT2D eigenvalue weighted by molar-refractivity contribution is 0.182. The highest BCUT2D eigenvalue weighted by atomic mass is 16.5. The second-order valence-corrected chi connectivity index (χ2v) is 5.41. The minimum Gasteiger partial charge on any atom is -0.381 e. The zero-order valence-electron chi connectivity index (χ0n) is 10.3. The van der Waals surface area contributed by atoms with Gasteiger partial charge >= 0.3 is 0 Å². The van der Waals surface area contributed by atoms with Crippen LogP contribution in [0.5, 0.6) is 0 Å². The lowest BCUT2D eigenvalue weighted by atomic mass is 9.76. The molecule has 17 heavy (non-hydrogen) atoms. The maximum Gasteiger partial charge on any atom is 0.0507 e. The van der Waals surface area contributed by atoms with E-state index in [1.165, 1.54) is 24.8 Å².